The topological polar surface area (TPSA) is 32.5 Å². The molecule has 2 atom stereocenters. The summed E-state index contributed by atoms with van der Waals surface area (Å²) in [7, 11) is 0. The molecule has 2 N–H and O–H groups in total. The van der Waals surface area contributed by atoms with Crippen LogP contribution >= 0.6 is 0 Å². The van der Waals surface area contributed by atoms with Gasteiger partial charge in [-0.25, -0.2) is 0 Å². The van der Waals surface area contributed by atoms with E-state index in [1.165, 1.54) is 25.9 Å². The van der Waals surface area contributed by atoms with Crippen LogP contribution in [0.1, 0.15) is 33.6 Å². The Hall–Kier alpha value is -0.120. The van der Waals surface area contributed by atoms with E-state index in [9.17, 15) is 0 Å². The quantitative estimate of drug-likeness (QED) is 0.680. The summed E-state index contributed by atoms with van der Waals surface area (Å²) in [5.74, 6) is 1.82. The second kappa shape index (κ2) is 6.46. The van der Waals surface area contributed by atoms with Crippen molar-refractivity contribution in [3.8, 4) is 0 Å². The monoisotopic (exact) mass is 213 g/mol. The van der Waals surface area contributed by atoms with Gasteiger partial charge in [-0.05, 0) is 18.4 Å². The van der Waals surface area contributed by atoms with Crippen LogP contribution in [-0.4, -0.2) is 42.8 Å². The van der Waals surface area contributed by atoms with Crippen molar-refractivity contribution in [2.45, 2.75) is 33.6 Å². The molecule has 1 fully saturated rings. The smallest absolute Gasteiger partial charge is 0.0518 e. The van der Waals surface area contributed by atoms with Gasteiger partial charge in [-0.15, -0.1) is 0 Å². The Kier molecular flexibility index (Phi) is 5.58. The highest BCUT2D eigenvalue weighted by atomic mass is 15.3. The van der Waals surface area contributed by atoms with Crippen LogP contribution in [0.3, 0.4) is 0 Å². The number of rotatable bonds is 6. The molecular formula is C12H27N3. The standard InChI is InChI=1S/C12H27N3/c1-4-11-7-15(8-12(11)5-2)10-14(6-3)9-13/h11-12H,4-10,13H2,1-3H3. The van der Waals surface area contributed by atoms with Gasteiger partial charge in [0.05, 0.1) is 6.67 Å². The highest BCUT2D eigenvalue weighted by Gasteiger charge is 2.30. The Labute approximate surface area is 94.6 Å². The van der Waals surface area contributed by atoms with E-state index in [1.807, 2.05) is 0 Å². The fourth-order valence-corrected chi connectivity index (χ4v) is 2.65. The van der Waals surface area contributed by atoms with Crippen molar-refractivity contribution >= 4 is 0 Å². The molecule has 1 saturated heterocycles. The van der Waals surface area contributed by atoms with Gasteiger partial charge in [-0.3, -0.25) is 9.80 Å². The van der Waals surface area contributed by atoms with Crippen LogP contribution in [0.5, 0.6) is 0 Å². The molecule has 1 heterocycles. The van der Waals surface area contributed by atoms with Crippen molar-refractivity contribution in [2.24, 2.45) is 17.6 Å². The van der Waals surface area contributed by atoms with E-state index in [4.69, 9.17) is 5.73 Å². The summed E-state index contributed by atoms with van der Waals surface area (Å²) < 4.78 is 0. The Morgan fingerprint density at radius 2 is 1.67 bits per heavy atom. The number of nitrogens with two attached hydrogens (primary N) is 1. The van der Waals surface area contributed by atoms with Gasteiger partial charge in [-0.1, -0.05) is 33.6 Å². The zero-order valence-corrected chi connectivity index (χ0v) is 10.6. The van der Waals surface area contributed by atoms with Crippen molar-refractivity contribution < 1.29 is 0 Å². The molecule has 15 heavy (non-hydrogen) atoms. The fraction of sp³-hybridized carbons (Fsp3) is 1.00. The third-order valence-electron chi connectivity index (χ3n) is 3.81. The number of nitrogens with zero attached hydrogens (tertiary/aromatic N) is 2. The molecular weight excluding hydrogens is 186 g/mol. The number of hydrogen-bond acceptors (Lipinski definition) is 3. The molecule has 0 amide bonds. The van der Waals surface area contributed by atoms with Crippen molar-refractivity contribution in [1.82, 2.24) is 9.80 Å². The van der Waals surface area contributed by atoms with E-state index in [1.54, 1.807) is 0 Å². The summed E-state index contributed by atoms with van der Waals surface area (Å²) in [6.07, 6.45) is 2.65. The minimum absolute atomic E-state index is 0.681. The molecule has 0 aromatic heterocycles. The second-order valence-electron chi connectivity index (χ2n) is 4.68. The highest BCUT2D eigenvalue weighted by Crippen LogP contribution is 2.28. The summed E-state index contributed by atoms with van der Waals surface area (Å²) in [6, 6.07) is 0. The third kappa shape index (κ3) is 3.44. The maximum absolute atomic E-state index is 5.69. The zero-order valence-electron chi connectivity index (χ0n) is 10.6. The summed E-state index contributed by atoms with van der Waals surface area (Å²) in [4.78, 5) is 4.86. The van der Waals surface area contributed by atoms with E-state index in [0.717, 1.165) is 25.0 Å². The first kappa shape index (κ1) is 12.9. The molecule has 0 saturated carbocycles. The molecule has 2 unspecified atom stereocenters. The van der Waals surface area contributed by atoms with E-state index >= 15 is 0 Å². The van der Waals surface area contributed by atoms with E-state index in [2.05, 4.69) is 30.6 Å². The lowest BCUT2D eigenvalue weighted by molar-refractivity contribution is 0.156. The number of likely N-dealkylation sites (tertiary alicyclic amines) is 1. The maximum atomic E-state index is 5.69. The summed E-state index contributed by atoms with van der Waals surface area (Å²) in [5.41, 5.74) is 5.69. The fourth-order valence-electron chi connectivity index (χ4n) is 2.65. The molecule has 1 aliphatic rings. The maximum Gasteiger partial charge on any atom is 0.0518 e. The Bertz CT molecular complexity index is 156. The lowest BCUT2D eigenvalue weighted by Crippen LogP contribution is -2.40. The van der Waals surface area contributed by atoms with Crippen LogP contribution in [-0.2, 0) is 0 Å². The molecule has 0 bridgehead atoms. The molecule has 3 heteroatoms. The minimum atomic E-state index is 0.681. The van der Waals surface area contributed by atoms with Crippen molar-refractivity contribution in [3.63, 3.8) is 0 Å². The molecule has 0 aromatic rings. The van der Waals surface area contributed by atoms with Gasteiger partial charge in [-0.2, -0.15) is 0 Å². The van der Waals surface area contributed by atoms with Gasteiger partial charge in [0, 0.05) is 19.8 Å². The molecule has 0 aliphatic carbocycles. The average molecular weight is 213 g/mol. The first-order chi connectivity index (χ1) is 7.24. The van der Waals surface area contributed by atoms with Gasteiger partial charge in [0.2, 0.25) is 0 Å². The molecule has 3 nitrogen and oxygen atoms in total. The predicted molar refractivity (Wildman–Crippen MR) is 65.4 cm³/mol. The lowest BCUT2D eigenvalue weighted by atomic mass is 9.92. The largest absolute Gasteiger partial charge is 0.318 e. The Morgan fingerprint density at radius 3 is 2.00 bits per heavy atom. The van der Waals surface area contributed by atoms with Crippen molar-refractivity contribution in [1.29, 1.82) is 0 Å². The Balaban J connectivity index is 2.39. The van der Waals surface area contributed by atoms with Crippen LogP contribution in [0.4, 0.5) is 0 Å². The SMILES string of the molecule is CCC1CN(CN(CC)CN)CC1CC. The average Bonchev–Trinajstić information content (AvgIpc) is 2.68. The number of hydrogen-bond donors (Lipinski definition) is 1. The van der Waals surface area contributed by atoms with Gasteiger partial charge in [0.1, 0.15) is 0 Å². The van der Waals surface area contributed by atoms with Gasteiger partial charge < -0.3 is 5.73 Å². The van der Waals surface area contributed by atoms with Crippen LogP contribution in [0.25, 0.3) is 0 Å². The Morgan fingerprint density at radius 1 is 1.13 bits per heavy atom. The highest BCUT2D eigenvalue weighted by molar-refractivity contribution is 4.82. The van der Waals surface area contributed by atoms with Gasteiger partial charge in [0.25, 0.3) is 0 Å². The molecule has 0 spiro atoms. The molecule has 0 radical (unpaired) electrons. The molecule has 1 rings (SSSR count). The second-order valence-corrected chi connectivity index (χ2v) is 4.68. The third-order valence-corrected chi connectivity index (χ3v) is 3.81. The minimum Gasteiger partial charge on any atom is -0.318 e. The van der Waals surface area contributed by atoms with E-state index in [-0.39, 0.29) is 0 Å². The molecule has 90 valence electrons. The van der Waals surface area contributed by atoms with Crippen LogP contribution in [0.15, 0.2) is 0 Å². The van der Waals surface area contributed by atoms with Crippen LogP contribution in [0, 0.1) is 11.8 Å². The van der Waals surface area contributed by atoms with Crippen molar-refractivity contribution in [2.75, 3.05) is 33.0 Å². The summed E-state index contributed by atoms with van der Waals surface area (Å²) in [6.45, 7) is 12.1. The van der Waals surface area contributed by atoms with Gasteiger partial charge in [0.15, 0.2) is 0 Å². The first-order valence-corrected chi connectivity index (χ1v) is 6.39. The van der Waals surface area contributed by atoms with Crippen molar-refractivity contribution in [3.05, 3.63) is 0 Å². The normalized spacial score (nSPS) is 27.8. The first-order valence-electron chi connectivity index (χ1n) is 6.39. The summed E-state index contributed by atoms with van der Waals surface area (Å²) in [5, 5.41) is 0. The van der Waals surface area contributed by atoms with E-state index < -0.39 is 0 Å². The molecule has 0 aromatic carbocycles. The predicted octanol–water partition coefficient (Wildman–Crippen LogP) is 1.55. The van der Waals surface area contributed by atoms with E-state index in [0.29, 0.717) is 6.67 Å². The lowest BCUT2D eigenvalue weighted by Gasteiger charge is -2.25. The van der Waals surface area contributed by atoms with Crippen LogP contribution in [0.2, 0.25) is 0 Å². The van der Waals surface area contributed by atoms with Gasteiger partial charge >= 0.3 is 0 Å². The van der Waals surface area contributed by atoms with Crippen LogP contribution < -0.4 is 5.73 Å². The zero-order chi connectivity index (χ0) is 11.3. The summed E-state index contributed by atoms with van der Waals surface area (Å²) >= 11 is 0. The molecule has 1 aliphatic heterocycles.